The van der Waals surface area contributed by atoms with Crippen LogP contribution in [0, 0.1) is 11.6 Å². The van der Waals surface area contributed by atoms with Crippen LogP contribution in [-0.4, -0.2) is 72.7 Å². The Morgan fingerprint density at radius 2 is 1.64 bits per heavy atom. The Labute approximate surface area is 259 Å². The summed E-state index contributed by atoms with van der Waals surface area (Å²) in [6, 6.07) is 7.28. The van der Waals surface area contributed by atoms with Crippen molar-refractivity contribution >= 4 is 26.2 Å². The number of carbonyl (C=O) groups excluding carboxylic acids is 3. The molecule has 0 aliphatic carbocycles. The zero-order valence-electron chi connectivity index (χ0n) is 26.7. The van der Waals surface area contributed by atoms with E-state index in [1.807, 2.05) is 33.9 Å². The van der Waals surface area contributed by atoms with Gasteiger partial charge in [0.05, 0.1) is 30.8 Å². The van der Waals surface area contributed by atoms with Crippen LogP contribution in [0.1, 0.15) is 74.2 Å². The van der Waals surface area contributed by atoms with Crippen LogP contribution < -0.4 is 11.1 Å². The van der Waals surface area contributed by atoms with Crippen LogP contribution in [0.5, 0.6) is 0 Å². The lowest BCUT2D eigenvalue weighted by molar-refractivity contribution is 0.000950. The Kier molecular flexibility index (Phi) is 10.6. The number of ether oxygens (including phenoxy) is 1. The number of halogens is 2. The first-order chi connectivity index (χ1) is 20.2. The van der Waals surface area contributed by atoms with Crippen molar-refractivity contribution in [3.05, 3.63) is 70.8 Å². The largest absolute Gasteiger partial charge is 0.444 e. The average molecular weight is 634 g/mol. The van der Waals surface area contributed by atoms with Crippen LogP contribution in [0.3, 0.4) is 0 Å². The summed E-state index contributed by atoms with van der Waals surface area (Å²) in [5, 5.41) is 13.5. The summed E-state index contributed by atoms with van der Waals surface area (Å²) in [5.41, 5.74) is 5.13. The molecule has 1 aliphatic rings. The van der Waals surface area contributed by atoms with E-state index in [1.165, 1.54) is 41.3 Å². The van der Waals surface area contributed by atoms with Crippen LogP contribution >= 0.6 is 0 Å². The molecule has 4 N–H and O–H groups in total. The zero-order valence-corrected chi connectivity index (χ0v) is 27.7. The maximum Gasteiger partial charge on any atom is 0.410 e. The monoisotopic (exact) mass is 633 g/mol. The number of hydrogen-bond donors (Lipinski definition) is 3. The molecule has 1 heterocycles. The van der Waals surface area contributed by atoms with E-state index in [4.69, 9.17) is 14.9 Å². The third kappa shape index (κ3) is 9.08. The highest BCUT2D eigenvalue weighted by molar-refractivity contribution is 6.74. The minimum atomic E-state index is -2.65. The molecule has 1 fully saturated rings. The van der Waals surface area contributed by atoms with Crippen molar-refractivity contribution in [1.29, 1.82) is 0 Å². The Morgan fingerprint density at radius 3 is 2.18 bits per heavy atom. The molecule has 2 aromatic carbocycles. The first kappa shape index (κ1) is 35.1. The SMILES string of the molecule is CC(C)(C)OC(=O)N1C[C@H](O)C[C@@H]1[C@@H](O[Si](C)(C)C(C)(C)C)[C@H](Cc1cc(F)cc(F)c1)NC(=O)c1cccc(C(N)=O)c1. The van der Waals surface area contributed by atoms with Gasteiger partial charge in [0.25, 0.3) is 5.91 Å². The fourth-order valence-electron chi connectivity index (χ4n) is 4.93. The predicted octanol–water partition coefficient (Wildman–Crippen LogP) is 5.17. The zero-order chi connectivity index (χ0) is 33.2. The second kappa shape index (κ2) is 13.3. The lowest BCUT2D eigenvalue weighted by Gasteiger charge is -2.45. The van der Waals surface area contributed by atoms with Crippen molar-refractivity contribution in [2.75, 3.05) is 6.54 Å². The number of nitrogens with zero attached hydrogens (tertiary/aromatic N) is 1. The smallest absolute Gasteiger partial charge is 0.410 e. The van der Waals surface area contributed by atoms with Crippen molar-refractivity contribution in [1.82, 2.24) is 10.2 Å². The van der Waals surface area contributed by atoms with E-state index in [9.17, 15) is 28.3 Å². The number of nitrogens with two attached hydrogens (primary N) is 1. The Hall–Kier alpha value is -3.35. The normalized spacial score (nSPS) is 18.9. The van der Waals surface area contributed by atoms with E-state index in [-0.39, 0.29) is 41.1 Å². The van der Waals surface area contributed by atoms with E-state index in [2.05, 4.69) is 5.32 Å². The minimum absolute atomic E-state index is 0.0210. The Balaban J connectivity index is 2.15. The molecule has 1 saturated heterocycles. The van der Waals surface area contributed by atoms with Gasteiger partial charge in [0.15, 0.2) is 8.32 Å². The molecule has 3 amide bonds. The number of rotatable bonds is 9. The van der Waals surface area contributed by atoms with E-state index in [1.54, 1.807) is 20.8 Å². The molecular formula is C32H45F2N3O6Si. The molecule has 0 saturated carbocycles. The van der Waals surface area contributed by atoms with Gasteiger partial charge in [-0.15, -0.1) is 0 Å². The van der Waals surface area contributed by atoms with Gasteiger partial charge < -0.3 is 25.3 Å². The van der Waals surface area contributed by atoms with Gasteiger partial charge in [-0.25, -0.2) is 13.6 Å². The molecule has 0 radical (unpaired) electrons. The molecular weight excluding hydrogens is 588 g/mol. The minimum Gasteiger partial charge on any atom is -0.444 e. The molecule has 0 aromatic heterocycles. The highest BCUT2D eigenvalue weighted by atomic mass is 28.4. The van der Waals surface area contributed by atoms with Gasteiger partial charge in [-0.3, -0.25) is 14.5 Å². The highest BCUT2D eigenvalue weighted by Gasteiger charge is 2.49. The summed E-state index contributed by atoms with van der Waals surface area (Å²) in [4.78, 5) is 40.3. The average Bonchev–Trinajstić information content (AvgIpc) is 3.26. The molecule has 12 heteroatoms. The number of primary amides is 1. The number of carbonyl (C=O) groups is 3. The van der Waals surface area contributed by atoms with Crippen molar-refractivity contribution in [3.8, 4) is 0 Å². The molecule has 242 valence electrons. The number of likely N-dealkylation sites (tertiary alicyclic amines) is 1. The van der Waals surface area contributed by atoms with Crippen molar-refractivity contribution in [2.24, 2.45) is 5.73 Å². The topological polar surface area (TPSA) is 131 Å². The number of aliphatic hydroxyl groups is 1. The third-order valence-electron chi connectivity index (χ3n) is 8.07. The standard InChI is InChI=1S/C32H45F2N3O6Si/c1-31(2,3)42-30(41)37-18-24(38)17-26(37)27(43-44(7,8)32(4,5)6)25(14-19-12-22(33)16-23(34)13-19)36-29(40)21-11-9-10-20(15-21)28(35)39/h9-13,15-16,24-27,38H,14,17-18H2,1-8H3,(H2,35,39)(H,36,40)/t24-,25+,26-,27+/m1/s1. The van der Waals surface area contributed by atoms with E-state index < -0.39 is 67.8 Å². The number of hydrogen-bond acceptors (Lipinski definition) is 6. The van der Waals surface area contributed by atoms with Crippen molar-refractivity contribution < 1.29 is 37.4 Å². The Bertz CT molecular complexity index is 1350. The molecule has 0 bridgehead atoms. The fraction of sp³-hybridized carbons (Fsp3) is 0.531. The highest BCUT2D eigenvalue weighted by Crippen LogP contribution is 2.40. The summed E-state index contributed by atoms with van der Waals surface area (Å²) >= 11 is 0. The Morgan fingerprint density at radius 1 is 1.05 bits per heavy atom. The first-order valence-corrected chi connectivity index (χ1v) is 17.6. The molecule has 1 aliphatic heterocycles. The summed E-state index contributed by atoms with van der Waals surface area (Å²) in [7, 11) is -2.65. The van der Waals surface area contributed by atoms with Gasteiger partial charge in [-0.2, -0.15) is 0 Å². The van der Waals surface area contributed by atoms with Gasteiger partial charge in [-0.05, 0) is 87.6 Å². The van der Waals surface area contributed by atoms with Crippen LogP contribution in [0.15, 0.2) is 42.5 Å². The van der Waals surface area contributed by atoms with Crippen LogP contribution in [0.2, 0.25) is 18.1 Å². The van der Waals surface area contributed by atoms with E-state index in [0.29, 0.717) is 0 Å². The maximum absolute atomic E-state index is 14.3. The molecule has 9 nitrogen and oxygen atoms in total. The van der Waals surface area contributed by atoms with Crippen molar-refractivity contribution in [2.45, 2.75) is 102 Å². The van der Waals surface area contributed by atoms with Crippen molar-refractivity contribution in [3.63, 3.8) is 0 Å². The lowest BCUT2D eigenvalue weighted by Crippen LogP contribution is -2.60. The summed E-state index contributed by atoms with van der Waals surface area (Å²) < 4.78 is 41.3. The number of amides is 3. The molecule has 44 heavy (non-hydrogen) atoms. The molecule has 4 atom stereocenters. The van der Waals surface area contributed by atoms with E-state index >= 15 is 0 Å². The van der Waals surface area contributed by atoms with Gasteiger partial charge >= 0.3 is 6.09 Å². The summed E-state index contributed by atoms with van der Waals surface area (Å²) in [5.74, 6) is -2.86. The molecule has 2 aromatic rings. The molecule has 3 rings (SSSR count). The second-order valence-electron chi connectivity index (χ2n) is 13.9. The van der Waals surface area contributed by atoms with E-state index in [0.717, 1.165) is 6.07 Å². The lowest BCUT2D eigenvalue weighted by atomic mass is 9.94. The maximum atomic E-state index is 14.3. The number of aliphatic hydroxyl groups excluding tert-OH is 1. The van der Waals surface area contributed by atoms with Gasteiger partial charge in [0.1, 0.15) is 17.2 Å². The first-order valence-electron chi connectivity index (χ1n) is 14.7. The molecule has 0 spiro atoms. The summed E-state index contributed by atoms with van der Waals surface area (Å²) in [6.45, 7) is 15.3. The van der Waals surface area contributed by atoms with Gasteiger partial charge in [0, 0.05) is 17.2 Å². The van der Waals surface area contributed by atoms with Crippen LogP contribution in [0.25, 0.3) is 0 Å². The van der Waals surface area contributed by atoms with Gasteiger partial charge in [0.2, 0.25) is 5.91 Å². The fourth-order valence-corrected chi connectivity index (χ4v) is 6.28. The third-order valence-corrected chi connectivity index (χ3v) is 12.5. The second-order valence-corrected chi connectivity index (χ2v) is 18.7. The van der Waals surface area contributed by atoms with Crippen LogP contribution in [-0.2, 0) is 15.6 Å². The predicted molar refractivity (Wildman–Crippen MR) is 166 cm³/mol. The quantitative estimate of drug-likeness (QED) is 0.327. The van der Waals surface area contributed by atoms with Gasteiger partial charge in [-0.1, -0.05) is 26.8 Å². The van der Waals surface area contributed by atoms with Crippen LogP contribution in [0.4, 0.5) is 13.6 Å². The summed E-state index contributed by atoms with van der Waals surface area (Å²) in [6.07, 6.45) is -2.41. The molecule has 0 unspecified atom stereocenters. The number of β-amino-alcohol motifs (C(OH)–C–C–N with tert-alkyl or cyclic N) is 1. The number of benzene rings is 2. The number of nitrogens with one attached hydrogen (secondary N) is 1.